The van der Waals surface area contributed by atoms with E-state index in [0.29, 0.717) is 42.7 Å². The average Bonchev–Trinajstić information content (AvgIpc) is 3.45. The molecule has 2 amide bonds. The molecule has 2 aromatic heterocycles. The van der Waals surface area contributed by atoms with Crippen molar-refractivity contribution in [1.29, 1.82) is 0 Å². The molecule has 150 valence electrons. The number of nitrogens with zero attached hydrogens (tertiary/aromatic N) is 2. The number of benzene rings is 1. The summed E-state index contributed by atoms with van der Waals surface area (Å²) in [6.07, 6.45) is 0. The Hall–Kier alpha value is -2.35. The van der Waals surface area contributed by atoms with Crippen LogP contribution in [0.3, 0.4) is 0 Å². The van der Waals surface area contributed by atoms with Crippen LogP contribution in [0.2, 0.25) is 5.02 Å². The van der Waals surface area contributed by atoms with Gasteiger partial charge in [-0.1, -0.05) is 17.7 Å². The molecular weight excluding hydrogens is 428 g/mol. The molecule has 0 aliphatic carbocycles. The number of rotatable bonds is 5. The van der Waals surface area contributed by atoms with Crippen LogP contribution in [-0.4, -0.2) is 47.8 Å². The number of ether oxygens (including phenoxy) is 1. The van der Waals surface area contributed by atoms with E-state index in [1.807, 2.05) is 50.9 Å². The third kappa shape index (κ3) is 4.80. The molecule has 1 aliphatic rings. The highest BCUT2D eigenvalue weighted by Crippen LogP contribution is 2.22. The van der Waals surface area contributed by atoms with Crippen molar-refractivity contribution in [3.8, 4) is 5.75 Å². The summed E-state index contributed by atoms with van der Waals surface area (Å²) in [6, 6.07) is 12.8. The Kier molecular flexibility index (Phi) is 6.18. The lowest BCUT2D eigenvalue weighted by atomic mass is 10.2. The molecule has 1 saturated heterocycles. The quantitative estimate of drug-likeness (QED) is 0.573. The highest BCUT2D eigenvalue weighted by Gasteiger charge is 2.26. The Bertz CT molecular complexity index is 978. The van der Waals surface area contributed by atoms with Crippen molar-refractivity contribution < 1.29 is 14.3 Å². The minimum absolute atomic E-state index is 0.0102. The van der Waals surface area contributed by atoms with Crippen LogP contribution < -0.4 is 4.74 Å². The third-order valence-corrected chi connectivity index (χ3v) is 6.75. The lowest BCUT2D eigenvalue weighted by Crippen LogP contribution is -2.50. The summed E-state index contributed by atoms with van der Waals surface area (Å²) in [5.74, 6) is 0.792. The molecule has 0 unspecified atom stereocenters. The van der Waals surface area contributed by atoms with Gasteiger partial charge in [0.1, 0.15) is 12.4 Å². The zero-order valence-corrected chi connectivity index (χ0v) is 17.9. The highest BCUT2D eigenvalue weighted by molar-refractivity contribution is 7.12. The van der Waals surface area contributed by atoms with Gasteiger partial charge in [-0.15, -0.1) is 22.7 Å². The molecule has 0 spiro atoms. The van der Waals surface area contributed by atoms with E-state index >= 15 is 0 Å². The van der Waals surface area contributed by atoms with Crippen molar-refractivity contribution in [3.63, 3.8) is 0 Å². The van der Waals surface area contributed by atoms with Crippen LogP contribution in [0, 0.1) is 0 Å². The SMILES string of the molecule is O=C(c1cccs1)N1CCN(C(=O)c2cc(COc3ccc(Cl)cc3)cs2)CC1. The van der Waals surface area contributed by atoms with Gasteiger partial charge in [0.15, 0.2) is 0 Å². The van der Waals surface area contributed by atoms with E-state index < -0.39 is 0 Å². The number of carbonyl (C=O) groups is 2. The molecule has 1 fully saturated rings. The third-order valence-electron chi connectivity index (χ3n) is 4.67. The van der Waals surface area contributed by atoms with Crippen LogP contribution in [0.15, 0.2) is 53.2 Å². The van der Waals surface area contributed by atoms with Gasteiger partial charge in [-0.2, -0.15) is 0 Å². The van der Waals surface area contributed by atoms with Crippen molar-refractivity contribution >= 4 is 46.1 Å². The Morgan fingerprint density at radius 3 is 2.21 bits per heavy atom. The van der Waals surface area contributed by atoms with Crippen LogP contribution in [0.5, 0.6) is 5.75 Å². The van der Waals surface area contributed by atoms with E-state index in [1.54, 1.807) is 12.1 Å². The molecular formula is C21H19ClN2O3S2. The van der Waals surface area contributed by atoms with Gasteiger partial charge >= 0.3 is 0 Å². The first-order chi connectivity index (χ1) is 14.1. The standard InChI is InChI=1S/C21H19ClN2O3S2/c22-16-3-5-17(6-4-16)27-13-15-12-19(29-14-15)21(26)24-9-7-23(8-10-24)20(25)18-2-1-11-28-18/h1-6,11-12,14H,7-10,13H2. The van der Waals surface area contributed by atoms with E-state index in [9.17, 15) is 9.59 Å². The highest BCUT2D eigenvalue weighted by atomic mass is 35.5. The van der Waals surface area contributed by atoms with Crippen LogP contribution in [0.1, 0.15) is 24.9 Å². The Balaban J connectivity index is 1.30. The van der Waals surface area contributed by atoms with E-state index in [4.69, 9.17) is 16.3 Å². The van der Waals surface area contributed by atoms with Crippen molar-refractivity contribution in [3.05, 3.63) is 73.6 Å². The van der Waals surface area contributed by atoms with Gasteiger partial charge in [0.25, 0.3) is 11.8 Å². The second-order valence-corrected chi connectivity index (χ2v) is 8.92. The number of thiophene rings is 2. The Morgan fingerprint density at radius 1 is 0.931 bits per heavy atom. The fraction of sp³-hybridized carbons (Fsp3) is 0.238. The number of halogens is 1. The van der Waals surface area contributed by atoms with Crippen LogP contribution in [0.25, 0.3) is 0 Å². The maximum absolute atomic E-state index is 12.8. The lowest BCUT2D eigenvalue weighted by molar-refractivity contribution is 0.0540. The summed E-state index contributed by atoms with van der Waals surface area (Å²) in [5.41, 5.74) is 0.958. The summed E-state index contributed by atoms with van der Waals surface area (Å²) >= 11 is 8.75. The van der Waals surface area contributed by atoms with Crippen molar-refractivity contribution in [2.75, 3.05) is 26.2 Å². The molecule has 0 radical (unpaired) electrons. The molecule has 1 aromatic carbocycles. The zero-order chi connectivity index (χ0) is 20.2. The predicted molar refractivity (Wildman–Crippen MR) is 116 cm³/mol. The van der Waals surface area contributed by atoms with E-state index in [1.165, 1.54) is 22.7 Å². The molecule has 3 aromatic rings. The van der Waals surface area contributed by atoms with Crippen molar-refractivity contribution in [1.82, 2.24) is 9.80 Å². The summed E-state index contributed by atoms with van der Waals surface area (Å²) < 4.78 is 5.74. The fourth-order valence-corrected chi connectivity index (χ4v) is 4.77. The van der Waals surface area contributed by atoms with Gasteiger partial charge in [0, 0.05) is 36.8 Å². The van der Waals surface area contributed by atoms with Crippen molar-refractivity contribution in [2.45, 2.75) is 6.61 Å². The molecule has 5 nitrogen and oxygen atoms in total. The molecule has 4 rings (SSSR count). The molecule has 3 heterocycles. The largest absolute Gasteiger partial charge is 0.489 e. The maximum Gasteiger partial charge on any atom is 0.264 e. The number of hydrogen-bond donors (Lipinski definition) is 0. The smallest absolute Gasteiger partial charge is 0.264 e. The van der Waals surface area contributed by atoms with Crippen molar-refractivity contribution in [2.24, 2.45) is 0 Å². The number of amides is 2. The molecule has 1 aliphatic heterocycles. The van der Waals surface area contributed by atoms with Gasteiger partial charge < -0.3 is 14.5 Å². The normalized spacial score (nSPS) is 14.1. The zero-order valence-electron chi connectivity index (χ0n) is 15.5. The summed E-state index contributed by atoms with van der Waals surface area (Å²) in [4.78, 5) is 30.3. The molecule has 0 saturated carbocycles. The van der Waals surface area contributed by atoms with E-state index in [0.717, 1.165) is 16.2 Å². The lowest BCUT2D eigenvalue weighted by Gasteiger charge is -2.34. The van der Waals surface area contributed by atoms with Gasteiger partial charge in [0.05, 0.1) is 9.75 Å². The number of piperazine rings is 1. The van der Waals surface area contributed by atoms with Gasteiger partial charge in [0.2, 0.25) is 0 Å². The topological polar surface area (TPSA) is 49.9 Å². The van der Waals surface area contributed by atoms with Crippen LogP contribution in [0.4, 0.5) is 0 Å². The molecule has 29 heavy (non-hydrogen) atoms. The fourth-order valence-electron chi connectivity index (χ4n) is 3.09. The monoisotopic (exact) mass is 446 g/mol. The summed E-state index contributed by atoms with van der Waals surface area (Å²) in [5, 5.41) is 4.51. The minimum atomic E-state index is 0.0102. The summed E-state index contributed by atoms with van der Waals surface area (Å²) in [7, 11) is 0. The first kappa shape index (κ1) is 19.9. The van der Waals surface area contributed by atoms with Crippen LogP contribution in [-0.2, 0) is 6.61 Å². The van der Waals surface area contributed by atoms with Gasteiger partial charge in [-0.3, -0.25) is 9.59 Å². The first-order valence-electron chi connectivity index (χ1n) is 9.18. The Labute approximate surface area is 182 Å². The number of hydrogen-bond acceptors (Lipinski definition) is 5. The second kappa shape index (κ2) is 8.98. The summed E-state index contributed by atoms with van der Waals surface area (Å²) in [6.45, 7) is 2.60. The van der Waals surface area contributed by atoms with Crippen LogP contribution >= 0.6 is 34.3 Å². The molecule has 0 bridgehead atoms. The predicted octanol–water partition coefficient (Wildman–Crippen LogP) is 4.64. The second-order valence-electron chi connectivity index (χ2n) is 6.62. The molecule has 0 N–H and O–H groups in total. The van der Waals surface area contributed by atoms with Gasteiger partial charge in [-0.25, -0.2) is 0 Å². The van der Waals surface area contributed by atoms with E-state index in [2.05, 4.69) is 0 Å². The minimum Gasteiger partial charge on any atom is -0.489 e. The van der Waals surface area contributed by atoms with E-state index in [-0.39, 0.29) is 11.8 Å². The molecule has 8 heteroatoms. The average molecular weight is 447 g/mol. The number of carbonyl (C=O) groups excluding carboxylic acids is 2. The Morgan fingerprint density at radius 2 is 1.59 bits per heavy atom. The maximum atomic E-state index is 12.8. The van der Waals surface area contributed by atoms with Gasteiger partial charge in [-0.05, 0) is 47.2 Å². The first-order valence-corrected chi connectivity index (χ1v) is 11.3. The molecule has 0 atom stereocenters.